The highest BCUT2D eigenvalue weighted by atomic mass is 32.2. The number of hydrogen-bond donors (Lipinski definition) is 3. The molecule has 21 heavy (non-hydrogen) atoms. The van der Waals surface area contributed by atoms with Crippen molar-refractivity contribution in [2.75, 3.05) is 13.3 Å². The molecular formula is C10H17N3O7S. The van der Waals surface area contributed by atoms with E-state index < -0.39 is 28.3 Å². The topological polar surface area (TPSA) is 140 Å². The first-order valence-electron chi connectivity index (χ1n) is 6.24. The van der Waals surface area contributed by atoms with Crippen LogP contribution in [-0.4, -0.2) is 45.8 Å². The molecule has 1 atom stereocenters. The molecule has 0 spiro atoms. The van der Waals surface area contributed by atoms with Crippen molar-refractivity contribution >= 4 is 28.2 Å². The third kappa shape index (κ3) is 6.51. The zero-order valence-electron chi connectivity index (χ0n) is 11.4. The van der Waals surface area contributed by atoms with Crippen molar-refractivity contribution in [3.63, 3.8) is 0 Å². The first-order chi connectivity index (χ1) is 9.84. The van der Waals surface area contributed by atoms with Crippen LogP contribution >= 0.6 is 0 Å². The first-order valence-corrected chi connectivity index (χ1v) is 7.72. The van der Waals surface area contributed by atoms with Gasteiger partial charge in [-0.3, -0.25) is 4.79 Å². The summed E-state index contributed by atoms with van der Waals surface area (Å²) in [6.45, 7) is 1.88. The van der Waals surface area contributed by atoms with E-state index in [2.05, 4.69) is 10.1 Å². The quantitative estimate of drug-likeness (QED) is 0.230. The molecule has 0 aromatic carbocycles. The molecule has 120 valence electrons. The maximum absolute atomic E-state index is 11.4. The molecule has 1 heterocycles. The van der Waals surface area contributed by atoms with Crippen LogP contribution in [-0.2, 0) is 29.3 Å². The molecular weight excluding hydrogens is 306 g/mol. The van der Waals surface area contributed by atoms with Crippen molar-refractivity contribution in [1.29, 1.82) is 0 Å². The molecule has 1 rings (SSSR count). The Bertz CT molecular complexity index is 505. The van der Waals surface area contributed by atoms with E-state index in [-0.39, 0.29) is 25.5 Å². The average Bonchev–Trinajstić information content (AvgIpc) is 2.80. The highest BCUT2D eigenvalue weighted by molar-refractivity contribution is 7.88. The van der Waals surface area contributed by atoms with Gasteiger partial charge in [0.05, 0.1) is 0 Å². The van der Waals surface area contributed by atoms with Gasteiger partial charge in [-0.2, -0.15) is 13.1 Å². The molecule has 1 aliphatic rings. The molecule has 1 aliphatic heterocycles. The zero-order chi connectivity index (χ0) is 15.9. The van der Waals surface area contributed by atoms with Gasteiger partial charge >= 0.3 is 22.3 Å². The Balaban J connectivity index is 2.34. The minimum absolute atomic E-state index is 0.149. The summed E-state index contributed by atoms with van der Waals surface area (Å²) in [5.74, 6) is -1.35. The fourth-order valence-electron chi connectivity index (χ4n) is 1.46. The normalized spacial score (nSPS) is 18.1. The standard InChI is InChI=1S/C10H17N3O7S/c1-2-5-19-6-11-21(17,18)13-10(16)20-9(15)7-3-4-8(14)12-7/h7,11H,2-6H2,1H3,(H,12,14)(H,13,16)/t7-/m0/s1. The van der Waals surface area contributed by atoms with Gasteiger partial charge in [0, 0.05) is 13.0 Å². The van der Waals surface area contributed by atoms with Gasteiger partial charge in [-0.15, -0.1) is 0 Å². The van der Waals surface area contributed by atoms with E-state index in [1.165, 1.54) is 4.72 Å². The zero-order valence-corrected chi connectivity index (χ0v) is 12.2. The third-order valence-corrected chi connectivity index (χ3v) is 3.32. The lowest BCUT2D eigenvalue weighted by atomic mass is 10.2. The molecule has 0 aromatic heterocycles. The summed E-state index contributed by atoms with van der Waals surface area (Å²) in [5, 5.41) is 2.29. The third-order valence-electron chi connectivity index (χ3n) is 2.39. The lowest BCUT2D eigenvalue weighted by molar-refractivity contribution is -0.140. The Labute approximate surface area is 121 Å². The molecule has 1 saturated heterocycles. The number of carbonyl (C=O) groups excluding carboxylic acids is 3. The molecule has 0 unspecified atom stereocenters. The van der Waals surface area contributed by atoms with Gasteiger partial charge in [0.2, 0.25) is 5.91 Å². The Hall–Kier alpha value is -1.72. The van der Waals surface area contributed by atoms with E-state index in [0.29, 0.717) is 13.0 Å². The van der Waals surface area contributed by atoms with Crippen molar-refractivity contribution in [2.24, 2.45) is 0 Å². The van der Waals surface area contributed by atoms with Gasteiger partial charge in [-0.05, 0) is 12.8 Å². The van der Waals surface area contributed by atoms with E-state index in [9.17, 15) is 22.8 Å². The molecule has 0 saturated carbocycles. The predicted molar refractivity (Wildman–Crippen MR) is 69.0 cm³/mol. The molecule has 0 aliphatic carbocycles. The predicted octanol–water partition coefficient (Wildman–Crippen LogP) is -1.26. The van der Waals surface area contributed by atoms with Gasteiger partial charge in [0.1, 0.15) is 12.8 Å². The average molecular weight is 323 g/mol. The van der Waals surface area contributed by atoms with Gasteiger partial charge in [0.15, 0.2) is 0 Å². The number of rotatable bonds is 7. The summed E-state index contributed by atoms with van der Waals surface area (Å²) in [7, 11) is -4.18. The molecule has 0 radical (unpaired) electrons. The monoisotopic (exact) mass is 323 g/mol. The number of hydrogen-bond acceptors (Lipinski definition) is 7. The van der Waals surface area contributed by atoms with Crippen LogP contribution in [0.25, 0.3) is 0 Å². The van der Waals surface area contributed by atoms with Crippen LogP contribution in [0.15, 0.2) is 0 Å². The second-order valence-corrected chi connectivity index (χ2v) is 5.67. The Kier molecular flexibility index (Phi) is 6.52. The Morgan fingerprint density at radius 3 is 2.71 bits per heavy atom. The van der Waals surface area contributed by atoms with Crippen molar-refractivity contribution in [1.82, 2.24) is 14.8 Å². The van der Waals surface area contributed by atoms with Crippen LogP contribution < -0.4 is 14.8 Å². The fraction of sp³-hybridized carbons (Fsp3) is 0.700. The second kappa shape index (κ2) is 7.90. The molecule has 10 nitrogen and oxygen atoms in total. The molecule has 1 fully saturated rings. The highest BCUT2D eigenvalue weighted by Crippen LogP contribution is 2.08. The largest absolute Gasteiger partial charge is 0.429 e. The van der Waals surface area contributed by atoms with Gasteiger partial charge in [-0.25, -0.2) is 14.3 Å². The Morgan fingerprint density at radius 1 is 1.43 bits per heavy atom. The van der Waals surface area contributed by atoms with Crippen LogP contribution in [0.5, 0.6) is 0 Å². The second-order valence-electron chi connectivity index (χ2n) is 4.17. The van der Waals surface area contributed by atoms with Crippen molar-refractivity contribution in [3.8, 4) is 0 Å². The molecule has 0 bridgehead atoms. The molecule has 3 N–H and O–H groups in total. The van der Waals surface area contributed by atoms with Crippen LogP contribution in [0.2, 0.25) is 0 Å². The van der Waals surface area contributed by atoms with Crippen molar-refractivity contribution in [2.45, 2.75) is 32.2 Å². The number of amides is 2. The smallest absolute Gasteiger partial charge is 0.374 e. The van der Waals surface area contributed by atoms with Gasteiger partial charge < -0.3 is 14.8 Å². The molecule has 11 heteroatoms. The summed E-state index contributed by atoms with van der Waals surface area (Å²) >= 11 is 0. The summed E-state index contributed by atoms with van der Waals surface area (Å²) in [6, 6.07) is -0.938. The van der Waals surface area contributed by atoms with Crippen LogP contribution in [0.3, 0.4) is 0 Å². The summed E-state index contributed by atoms with van der Waals surface area (Å²) < 4.78 is 35.3. The summed E-state index contributed by atoms with van der Waals surface area (Å²) in [6.07, 6.45) is -0.403. The van der Waals surface area contributed by atoms with Crippen LogP contribution in [0, 0.1) is 0 Å². The maximum atomic E-state index is 11.4. The first kappa shape index (κ1) is 17.3. The van der Waals surface area contributed by atoms with Gasteiger partial charge in [-0.1, -0.05) is 6.92 Å². The van der Waals surface area contributed by atoms with E-state index in [0.717, 1.165) is 0 Å². The maximum Gasteiger partial charge on any atom is 0.429 e. The summed E-state index contributed by atoms with van der Waals surface area (Å²) in [5.41, 5.74) is 0. The Morgan fingerprint density at radius 2 is 2.14 bits per heavy atom. The number of ether oxygens (including phenoxy) is 2. The number of esters is 1. The van der Waals surface area contributed by atoms with E-state index >= 15 is 0 Å². The minimum atomic E-state index is -4.18. The highest BCUT2D eigenvalue weighted by Gasteiger charge is 2.30. The van der Waals surface area contributed by atoms with E-state index in [1.54, 1.807) is 0 Å². The van der Waals surface area contributed by atoms with E-state index in [4.69, 9.17) is 4.74 Å². The van der Waals surface area contributed by atoms with Crippen molar-refractivity contribution < 1.29 is 32.3 Å². The molecule has 0 aromatic rings. The molecule has 2 amide bonds. The number of nitrogens with one attached hydrogen (secondary N) is 3. The number of carbonyl (C=O) groups is 3. The summed E-state index contributed by atoms with van der Waals surface area (Å²) in [4.78, 5) is 33.6. The van der Waals surface area contributed by atoms with Crippen molar-refractivity contribution in [3.05, 3.63) is 0 Å². The lowest BCUT2D eigenvalue weighted by Crippen LogP contribution is -2.44. The van der Waals surface area contributed by atoms with Crippen LogP contribution in [0.4, 0.5) is 4.79 Å². The SMILES string of the molecule is CCCOCNS(=O)(=O)NC(=O)OC(=O)[C@@H]1CCC(=O)N1. The fourth-order valence-corrected chi connectivity index (χ4v) is 2.03. The lowest BCUT2D eigenvalue weighted by Gasteiger charge is -2.10. The van der Waals surface area contributed by atoms with Crippen LogP contribution in [0.1, 0.15) is 26.2 Å². The minimum Gasteiger partial charge on any atom is -0.374 e. The van der Waals surface area contributed by atoms with Gasteiger partial charge in [0.25, 0.3) is 0 Å². The van der Waals surface area contributed by atoms with E-state index in [1.807, 2.05) is 11.6 Å².